The predicted octanol–water partition coefficient (Wildman–Crippen LogP) is 3.57. The van der Waals surface area contributed by atoms with E-state index in [1.807, 2.05) is 11.8 Å². The quantitative estimate of drug-likeness (QED) is 0.738. The van der Waals surface area contributed by atoms with Gasteiger partial charge in [-0.25, -0.2) is 9.97 Å². The number of hydrogen-bond donors (Lipinski definition) is 0. The van der Waals surface area contributed by atoms with Gasteiger partial charge in [0.05, 0.1) is 0 Å². The Morgan fingerprint density at radius 2 is 1.90 bits per heavy atom. The van der Waals surface area contributed by atoms with Gasteiger partial charge in [0.2, 0.25) is 5.95 Å². The van der Waals surface area contributed by atoms with Gasteiger partial charge < -0.3 is 4.90 Å². The number of aromatic nitrogens is 2. The van der Waals surface area contributed by atoms with Gasteiger partial charge in [-0.05, 0) is 38.7 Å². The molecule has 0 aliphatic carbocycles. The van der Waals surface area contributed by atoms with E-state index >= 15 is 0 Å². The van der Waals surface area contributed by atoms with Crippen LogP contribution in [0.25, 0.3) is 0 Å². The highest BCUT2D eigenvalue weighted by molar-refractivity contribution is 5.40. The molecule has 1 aromatic rings. The molecule has 1 aromatic heterocycles. The van der Waals surface area contributed by atoms with Crippen LogP contribution in [0.5, 0.6) is 0 Å². The molecule has 0 N–H and O–H groups in total. The Kier molecular flexibility index (Phi) is 3.18. The Labute approximate surface area is 115 Å². The number of halogens is 3. The first kappa shape index (κ1) is 13.4. The van der Waals surface area contributed by atoms with E-state index in [0.29, 0.717) is 0 Å². The van der Waals surface area contributed by atoms with Crippen molar-refractivity contribution in [1.82, 2.24) is 9.97 Å². The largest absolute Gasteiger partial charge is 0.433 e. The second kappa shape index (κ2) is 4.75. The number of allylic oxidation sites excluding steroid dienone is 1. The van der Waals surface area contributed by atoms with Crippen molar-refractivity contribution in [2.75, 3.05) is 4.90 Å². The molecule has 2 fully saturated rings. The molecule has 2 saturated heterocycles. The third kappa shape index (κ3) is 2.27. The summed E-state index contributed by atoms with van der Waals surface area (Å²) in [6.07, 6.45) is 2.73. The Balaban J connectivity index is 1.91. The van der Waals surface area contributed by atoms with Crippen molar-refractivity contribution in [3.63, 3.8) is 0 Å². The van der Waals surface area contributed by atoms with E-state index in [4.69, 9.17) is 0 Å². The van der Waals surface area contributed by atoms with E-state index in [-0.39, 0.29) is 18.0 Å². The molecule has 2 atom stereocenters. The van der Waals surface area contributed by atoms with Gasteiger partial charge in [0.25, 0.3) is 0 Å². The van der Waals surface area contributed by atoms with E-state index in [9.17, 15) is 13.2 Å². The van der Waals surface area contributed by atoms with Crippen LogP contribution in [0.3, 0.4) is 0 Å². The summed E-state index contributed by atoms with van der Waals surface area (Å²) in [5.74, 6) is 0.225. The summed E-state index contributed by atoms with van der Waals surface area (Å²) in [7, 11) is 0. The van der Waals surface area contributed by atoms with Gasteiger partial charge in [-0.2, -0.15) is 13.2 Å². The van der Waals surface area contributed by atoms with Crippen LogP contribution >= 0.6 is 0 Å². The summed E-state index contributed by atoms with van der Waals surface area (Å²) in [6, 6.07) is 1.40. The minimum Gasteiger partial charge on any atom is -0.334 e. The fraction of sp³-hybridized carbons (Fsp3) is 0.571. The van der Waals surface area contributed by atoms with Crippen LogP contribution in [0.2, 0.25) is 0 Å². The molecule has 0 saturated carbocycles. The number of piperidine rings is 1. The molecule has 0 amide bonds. The van der Waals surface area contributed by atoms with Crippen molar-refractivity contribution in [1.29, 1.82) is 0 Å². The standard InChI is InChI=1S/C14H16F3N3/c1-2-9-7-10-3-4-11(8-9)20(10)13-18-6-5-12(19-13)14(15,16)17/h2,5-6,10-11H,3-4,7-8H2,1H3. The molecule has 108 valence electrons. The van der Waals surface area contributed by atoms with E-state index < -0.39 is 11.9 Å². The molecule has 2 aliphatic rings. The highest BCUT2D eigenvalue weighted by Crippen LogP contribution is 2.40. The molecular weight excluding hydrogens is 267 g/mol. The van der Waals surface area contributed by atoms with Gasteiger partial charge in [0.15, 0.2) is 0 Å². The molecule has 2 aliphatic heterocycles. The average molecular weight is 283 g/mol. The third-order valence-electron chi connectivity index (χ3n) is 4.19. The van der Waals surface area contributed by atoms with Gasteiger partial charge in [-0.15, -0.1) is 0 Å². The average Bonchev–Trinajstić information content (AvgIpc) is 2.68. The number of nitrogens with zero attached hydrogens (tertiary/aromatic N) is 3. The van der Waals surface area contributed by atoms with Crippen molar-refractivity contribution in [3.8, 4) is 0 Å². The number of hydrogen-bond acceptors (Lipinski definition) is 3. The summed E-state index contributed by atoms with van der Waals surface area (Å²) >= 11 is 0. The fourth-order valence-corrected chi connectivity index (χ4v) is 3.24. The summed E-state index contributed by atoms with van der Waals surface area (Å²) in [6.45, 7) is 2.02. The third-order valence-corrected chi connectivity index (χ3v) is 4.19. The molecule has 0 spiro atoms. The van der Waals surface area contributed by atoms with Crippen LogP contribution in [0.1, 0.15) is 38.3 Å². The second-order valence-electron chi connectivity index (χ2n) is 5.39. The maximum absolute atomic E-state index is 12.7. The number of rotatable bonds is 1. The molecule has 0 radical (unpaired) electrons. The van der Waals surface area contributed by atoms with Gasteiger partial charge in [0, 0.05) is 18.3 Å². The first-order valence-electron chi connectivity index (χ1n) is 6.81. The van der Waals surface area contributed by atoms with Crippen LogP contribution < -0.4 is 4.90 Å². The lowest BCUT2D eigenvalue weighted by molar-refractivity contribution is -0.141. The molecular formula is C14H16F3N3. The van der Waals surface area contributed by atoms with Crippen molar-refractivity contribution < 1.29 is 13.2 Å². The Morgan fingerprint density at radius 3 is 2.45 bits per heavy atom. The minimum absolute atomic E-state index is 0.225. The van der Waals surface area contributed by atoms with Crippen molar-refractivity contribution in [2.24, 2.45) is 0 Å². The highest BCUT2D eigenvalue weighted by atomic mass is 19.4. The molecule has 6 heteroatoms. The lowest BCUT2D eigenvalue weighted by Crippen LogP contribution is -2.41. The Morgan fingerprint density at radius 1 is 1.25 bits per heavy atom. The monoisotopic (exact) mass is 283 g/mol. The van der Waals surface area contributed by atoms with E-state index in [1.165, 1.54) is 11.8 Å². The second-order valence-corrected chi connectivity index (χ2v) is 5.39. The van der Waals surface area contributed by atoms with E-state index in [0.717, 1.165) is 31.7 Å². The van der Waals surface area contributed by atoms with Gasteiger partial charge in [-0.1, -0.05) is 11.6 Å². The first-order chi connectivity index (χ1) is 9.49. The van der Waals surface area contributed by atoms with Crippen molar-refractivity contribution in [3.05, 3.63) is 29.6 Å². The normalized spacial score (nSPS) is 26.0. The van der Waals surface area contributed by atoms with E-state index in [2.05, 4.69) is 16.0 Å². The fourth-order valence-electron chi connectivity index (χ4n) is 3.24. The van der Waals surface area contributed by atoms with Gasteiger partial charge >= 0.3 is 6.18 Å². The summed E-state index contributed by atoms with van der Waals surface area (Å²) in [5, 5.41) is 0. The zero-order valence-electron chi connectivity index (χ0n) is 11.2. The zero-order chi connectivity index (χ0) is 14.3. The van der Waals surface area contributed by atoms with Crippen molar-refractivity contribution >= 4 is 5.95 Å². The SMILES string of the molecule is CC=C1CC2CCC(C1)N2c1nccc(C(F)(F)F)n1. The van der Waals surface area contributed by atoms with Gasteiger partial charge in [0.1, 0.15) is 5.69 Å². The first-order valence-corrected chi connectivity index (χ1v) is 6.81. The van der Waals surface area contributed by atoms with E-state index in [1.54, 1.807) is 0 Å². The number of fused-ring (bicyclic) bond motifs is 2. The summed E-state index contributed by atoms with van der Waals surface area (Å²) in [5.41, 5.74) is 0.527. The predicted molar refractivity (Wildman–Crippen MR) is 69.3 cm³/mol. The molecule has 2 unspecified atom stereocenters. The maximum Gasteiger partial charge on any atom is 0.433 e. The highest BCUT2D eigenvalue weighted by Gasteiger charge is 2.41. The number of alkyl halides is 3. The van der Waals surface area contributed by atoms with Crippen LogP contribution in [0.4, 0.5) is 19.1 Å². The Hall–Kier alpha value is -1.59. The maximum atomic E-state index is 12.7. The summed E-state index contributed by atoms with van der Waals surface area (Å²) in [4.78, 5) is 9.78. The zero-order valence-corrected chi connectivity index (χ0v) is 11.2. The molecule has 0 aromatic carbocycles. The number of anilines is 1. The smallest absolute Gasteiger partial charge is 0.334 e. The van der Waals surface area contributed by atoms with Crippen LogP contribution in [0, 0.1) is 0 Å². The lowest BCUT2D eigenvalue weighted by Gasteiger charge is -2.36. The Bertz CT molecular complexity index is 523. The van der Waals surface area contributed by atoms with Crippen LogP contribution in [-0.4, -0.2) is 22.1 Å². The minimum atomic E-state index is -4.42. The molecule has 20 heavy (non-hydrogen) atoms. The molecule has 3 nitrogen and oxygen atoms in total. The topological polar surface area (TPSA) is 29.0 Å². The molecule has 3 heterocycles. The van der Waals surface area contributed by atoms with Crippen molar-refractivity contribution in [2.45, 2.75) is 50.9 Å². The molecule has 2 bridgehead atoms. The molecule has 3 rings (SSSR count). The van der Waals surface area contributed by atoms with Crippen LogP contribution in [-0.2, 0) is 6.18 Å². The lowest BCUT2D eigenvalue weighted by atomic mass is 9.97. The van der Waals surface area contributed by atoms with Gasteiger partial charge in [-0.3, -0.25) is 0 Å². The van der Waals surface area contributed by atoms with Crippen LogP contribution in [0.15, 0.2) is 23.9 Å². The summed E-state index contributed by atoms with van der Waals surface area (Å²) < 4.78 is 38.2.